The summed E-state index contributed by atoms with van der Waals surface area (Å²) < 4.78 is 32.3. The van der Waals surface area contributed by atoms with Crippen LogP contribution >= 0.6 is 11.8 Å². The molecule has 3 aromatic rings. The normalized spacial score (nSPS) is 15.7. The number of amides is 1. The molecule has 0 unspecified atom stereocenters. The Morgan fingerprint density at radius 2 is 1.73 bits per heavy atom. The summed E-state index contributed by atoms with van der Waals surface area (Å²) in [5.41, 5.74) is 2.66. The number of rotatable bonds is 7. The molecule has 2 heterocycles. The first-order valence-electron chi connectivity index (χ1n) is 10.6. The van der Waals surface area contributed by atoms with E-state index in [9.17, 15) is 13.2 Å². The Morgan fingerprint density at radius 3 is 2.36 bits per heavy atom. The Bertz CT molecular complexity index is 1180. The Hall–Kier alpha value is -2.72. The second kappa shape index (κ2) is 10.5. The highest BCUT2D eigenvalue weighted by Gasteiger charge is 2.27. The van der Waals surface area contributed by atoms with Crippen LogP contribution in [-0.2, 0) is 19.6 Å². The number of sulfonamides is 1. The zero-order valence-electron chi connectivity index (χ0n) is 18.2. The molecule has 1 aliphatic heterocycles. The fraction of sp³-hybridized carbons (Fsp3) is 0.250. The predicted molar refractivity (Wildman–Crippen MR) is 129 cm³/mol. The van der Waals surface area contributed by atoms with Crippen LogP contribution in [0.25, 0.3) is 0 Å². The van der Waals surface area contributed by atoms with Crippen molar-refractivity contribution in [1.82, 2.24) is 9.29 Å². The van der Waals surface area contributed by atoms with Gasteiger partial charge < -0.3 is 10.1 Å². The standard InChI is InChI=1S/C24H25N3O4S2/c1-18-7-9-20(10-8-18)26-24(28)23(19-5-3-2-4-6-19)32-22-12-11-21(17-25-22)33(29,30)27-13-15-31-16-14-27/h2-12,17,23H,13-16H2,1H3,(H,26,28)/t23-/m0/s1. The van der Waals surface area contributed by atoms with Crippen molar-refractivity contribution in [2.45, 2.75) is 22.1 Å². The van der Waals surface area contributed by atoms with Gasteiger partial charge in [-0.15, -0.1) is 0 Å². The molecule has 172 valence electrons. The number of morpholine rings is 1. The molecule has 4 rings (SSSR count). The first kappa shape index (κ1) is 23.4. The van der Waals surface area contributed by atoms with Gasteiger partial charge in [0.05, 0.1) is 18.2 Å². The molecule has 1 atom stereocenters. The number of aryl methyl sites for hydroxylation is 1. The Labute approximate surface area is 198 Å². The maximum atomic E-state index is 13.2. The van der Waals surface area contributed by atoms with Gasteiger partial charge in [-0.3, -0.25) is 4.79 Å². The molecule has 0 bridgehead atoms. The van der Waals surface area contributed by atoms with Crippen molar-refractivity contribution in [2.24, 2.45) is 0 Å². The van der Waals surface area contributed by atoms with Gasteiger partial charge in [-0.1, -0.05) is 59.8 Å². The smallest absolute Gasteiger partial charge is 0.244 e. The molecule has 1 fully saturated rings. The van der Waals surface area contributed by atoms with E-state index >= 15 is 0 Å². The van der Waals surface area contributed by atoms with Gasteiger partial charge in [0.15, 0.2) is 0 Å². The zero-order chi connectivity index (χ0) is 23.3. The van der Waals surface area contributed by atoms with Crippen molar-refractivity contribution < 1.29 is 17.9 Å². The molecule has 1 saturated heterocycles. The summed E-state index contributed by atoms with van der Waals surface area (Å²) in [7, 11) is -3.62. The number of ether oxygens (including phenoxy) is 1. The number of hydrogen-bond acceptors (Lipinski definition) is 6. The SMILES string of the molecule is Cc1ccc(NC(=O)[C@@H](Sc2ccc(S(=O)(=O)N3CCOCC3)cn2)c2ccccc2)cc1. The van der Waals surface area contributed by atoms with Gasteiger partial charge in [0.25, 0.3) is 0 Å². The number of hydrogen-bond donors (Lipinski definition) is 1. The number of nitrogens with zero attached hydrogens (tertiary/aromatic N) is 2. The third kappa shape index (κ3) is 5.80. The average Bonchev–Trinajstić information content (AvgIpc) is 2.85. The van der Waals surface area contributed by atoms with Crippen LogP contribution in [0.5, 0.6) is 0 Å². The summed E-state index contributed by atoms with van der Waals surface area (Å²) in [6.07, 6.45) is 1.35. The second-order valence-corrected chi connectivity index (χ2v) is 10.7. The van der Waals surface area contributed by atoms with E-state index in [1.165, 1.54) is 22.3 Å². The highest BCUT2D eigenvalue weighted by Crippen LogP contribution is 2.35. The molecular weight excluding hydrogens is 458 g/mol. The first-order valence-corrected chi connectivity index (χ1v) is 12.9. The van der Waals surface area contributed by atoms with Crippen molar-refractivity contribution in [3.8, 4) is 0 Å². The molecule has 1 aliphatic rings. The molecule has 1 aromatic heterocycles. The maximum absolute atomic E-state index is 13.2. The molecule has 0 radical (unpaired) electrons. The summed E-state index contributed by atoms with van der Waals surface area (Å²) in [6.45, 7) is 3.41. The van der Waals surface area contributed by atoms with E-state index in [4.69, 9.17) is 4.74 Å². The number of nitrogens with one attached hydrogen (secondary N) is 1. The Morgan fingerprint density at radius 1 is 1.03 bits per heavy atom. The van der Waals surface area contributed by atoms with Crippen LogP contribution in [0.4, 0.5) is 5.69 Å². The quantitative estimate of drug-likeness (QED) is 0.513. The van der Waals surface area contributed by atoms with Crippen LogP contribution in [0.1, 0.15) is 16.4 Å². The van der Waals surface area contributed by atoms with Gasteiger partial charge in [0.1, 0.15) is 10.1 Å². The topological polar surface area (TPSA) is 88.6 Å². The van der Waals surface area contributed by atoms with E-state index in [0.717, 1.165) is 11.1 Å². The van der Waals surface area contributed by atoms with E-state index in [1.54, 1.807) is 12.1 Å². The summed E-state index contributed by atoms with van der Waals surface area (Å²) in [5.74, 6) is -0.179. The van der Waals surface area contributed by atoms with Crippen molar-refractivity contribution in [3.05, 3.63) is 84.1 Å². The minimum absolute atomic E-state index is 0.133. The zero-order valence-corrected chi connectivity index (χ0v) is 19.8. The molecule has 33 heavy (non-hydrogen) atoms. The second-order valence-electron chi connectivity index (χ2n) is 7.61. The molecule has 0 spiro atoms. The van der Waals surface area contributed by atoms with Crippen LogP contribution in [0.3, 0.4) is 0 Å². The third-order valence-electron chi connectivity index (χ3n) is 5.22. The lowest BCUT2D eigenvalue weighted by Gasteiger charge is -2.25. The average molecular weight is 484 g/mol. The Balaban J connectivity index is 1.53. The van der Waals surface area contributed by atoms with Gasteiger partial charge in [-0.25, -0.2) is 13.4 Å². The van der Waals surface area contributed by atoms with E-state index in [0.29, 0.717) is 37.0 Å². The van der Waals surface area contributed by atoms with Gasteiger partial charge >= 0.3 is 0 Å². The molecule has 1 N–H and O–H groups in total. The van der Waals surface area contributed by atoms with Gasteiger partial charge in [-0.05, 0) is 36.8 Å². The van der Waals surface area contributed by atoms with E-state index in [-0.39, 0.29) is 10.8 Å². The molecule has 2 aromatic carbocycles. The van der Waals surface area contributed by atoms with Crippen molar-refractivity contribution in [3.63, 3.8) is 0 Å². The molecule has 1 amide bonds. The monoisotopic (exact) mass is 483 g/mol. The molecule has 0 saturated carbocycles. The van der Waals surface area contributed by atoms with Crippen LogP contribution in [0.15, 0.2) is 82.8 Å². The van der Waals surface area contributed by atoms with Crippen molar-refractivity contribution in [2.75, 3.05) is 31.6 Å². The fourth-order valence-electron chi connectivity index (χ4n) is 3.39. The van der Waals surface area contributed by atoms with Crippen LogP contribution in [0.2, 0.25) is 0 Å². The van der Waals surface area contributed by atoms with E-state index in [2.05, 4.69) is 10.3 Å². The number of pyridine rings is 1. The maximum Gasteiger partial charge on any atom is 0.244 e. The van der Waals surface area contributed by atoms with Crippen LogP contribution in [-0.4, -0.2) is 49.9 Å². The summed E-state index contributed by atoms with van der Waals surface area (Å²) >= 11 is 1.28. The van der Waals surface area contributed by atoms with E-state index in [1.807, 2.05) is 61.5 Å². The lowest BCUT2D eigenvalue weighted by molar-refractivity contribution is -0.115. The minimum atomic E-state index is -3.62. The summed E-state index contributed by atoms with van der Waals surface area (Å²) in [4.78, 5) is 17.6. The lowest BCUT2D eigenvalue weighted by atomic mass is 10.1. The molecule has 0 aliphatic carbocycles. The highest BCUT2D eigenvalue weighted by atomic mass is 32.2. The van der Waals surface area contributed by atoms with Crippen molar-refractivity contribution in [1.29, 1.82) is 0 Å². The van der Waals surface area contributed by atoms with Crippen molar-refractivity contribution >= 4 is 33.4 Å². The van der Waals surface area contributed by atoms with Crippen LogP contribution in [0, 0.1) is 6.92 Å². The Kier molecular flexibility index (Phi) is 7.44. The number of anilines is 1. The van der Waals surface area contributed by atoms with E-state index < -0.39 is 15.3 Å². The number of benzene rings is 2. The summed E-state index contributed by atoms with van der Waals surface area (Å²) in [6, 6.07) is 20.2. The third-order valence-corrected chi connectivity index (χ3v) is 8.30. The highest BCUT2D eigenvalue weighted by molar-refractivity contribution is 8.00. The molecular formula is C24H25N3O4S2. The van der Waals surface area contributed by atoms with Gasteiger partial charge in [0, 0.05) is 25.0 Å². The number of carbonyl (C=O) groups is 1. The minimum Gasteiger partial charge on any atom is -0.379 e. The van der Waals surface area contributed by atoms with Crippen LogP contribution < -0.4 is 5.32 Å². The number of carbonyl (C=O) groups excluding carboxylic acids is 1. The van der Waals surface area contributed by atoms with Gasteiger partial charge in [-0.2, -0.15) is 4.31 Å². The fourth-order valence-corrected chi connectivity index (χ4v) is 5.71. The summed E-state index contributed by atoms with van der Waals surface area (Å²) in [5, 5.41) is 2.97. The molecule has 7 nitrogen and oxygen atoms in total. The largest absolute Gasteiger partial charge is 0.379 e. The van der Waals surface area contributed by atoms with Gasteiger partial charge in [0.2, 0.25) is 15.9 Å². The molecule has 9 heteroatoms. The predicted octanol–water partition coefficient (Wildman–Crippen LogP) is 3.88. The first-order chi connectivity index (χ1) is 15.9. The number of aromatic nitrogens is 1. The lowest BCUT2D eigenvalue weighted by Crippen LogP contribution is -2.40. The number of thioether (sulfide) groups is 1.